The van der Waals surface area contributed by atoms with Crippen molar-refractivity contribution in [2.45, 2.75) is 70.5 Å². The third-order valence-electron chi connectivity index (χ3n) is 5.07. The van der Waals surface area contributed by atoms with Crippen molar-refractivity contribution in [3.63, 3.8) is 0 Å². The smallest absolute Gasteiger partial charge is 0.311 e. The molecule has 2 fully saturated rings. The molecular weight excluding hydrogens is 298 g/mol. The standard InChI is InChI=1S/C17H29NO5/c1-13(23-14-6-4-2-3-5-7-14)15(19)18-12-17(16(20)21)8-10-22-11-9-17/h13-14H,2-12H2,1H3,(H,18,19)(H,20,21). The molecule has 1 aliphatic carbocycles. The molecule has 0 aromatic rings. The van der Waals surface area contributed by atoms with Crippen LogP contribution >= 0.6 is 0 Å². The van der Waals surface area contributed by atoms with E-state index in [4.69, 9.17) is 9.47 Å². The van der Waals surface area contributed by atoms with Gasteiger partial charge in [0, 0.05) is 19.8 Å². The maximum absolute atomic E-state index is 12.2. The van der Waals surface area contributed by atoms with Crippen LogP contribution in [-0.2, 0) is 19.1 Å². The quantitative estimate of drug-likeness (QED) is 0.730. The predicted octanol–water partition coefficient (Wildman–Crippen LogP) is 2.11. The van der Waals surface area contributed by atoms with Gasteiger partial charge in [0.25, 0.3) is 0 Å². The third kappa shape index (κ3) is 5.18. The van der Waals surface area contributed by atoms with Gasteiger partial charge in [0.1, 0.15) is 6.10 Å². The molecule has 1 saturated heterocycles. The molecule has 6 heteroatoms. The minimum Gasteiger partial charge on any atom is -0.481 e. The Balaban J connectivity index is 1.81. The second-order valence-electron chi connectivity index (χ2n) is 6.81. The van der Waals surface area contributed by atoms with E-state index >= 15 is 0 Å². The fourth-order valence-electron chi connectivity index (χ4n) is 3.36. The summed E-state index contributed by atoms with van der Waals surface area (Å²) in [4.78, 5) is 23.8. The molecule has 2 aliphatic rings. The fraction of sp³-hybridized carbons (Fsp3) is 0.882. The predicted molar refractivity (Wildman–Crippen MR) is 85.2 cm³/mol. The topological polar surface area (TPSA) is 84.9 Å². The van der Waals surface area contributed by atoms with Gasteiger partial charge in [-0.15, -0.1) is 0 Å². The monoisotopic (exact) mass is 327 g/mol. The Bertz CT molecular complexity index is 398. The summed E-state index contributed by atoms with van der Waals surface area (Å²) >= 11 is 0. The van der Waals surface area contributed by atoms with E-state index in [1.165, 1.54) is 12.8 Å². The molecule has 0 aromatic carbocycles. The number of ether oxygens (including phenoxy) is 2. The summed E-state index contributed by atoms with van der Waals surface area (Å²) in [6, 6.07) is 0. The Morgan fingerprint density at radius 2 is 1.83 bits per heavy atom. The zero-order valence-corrected chi connectivity index (χ0v) is 14.0. The highest BCUT2D eigenvalue weighted by atomic mass is 16.5. The first-order valence-corrected chi connectivity index (χ1v) is 8.78. The molecule has 1 aliphatic heterocycles. The van der Waals surface area contributed by atoms with E-state index in [0.29, 0.717) is 26.1 Å². The van der Waals surface area contributed by atoms with Crippen molar-refractivity contribution in [2.24, 2.45) is 5.41 Å². The van der Waals surface area contributed by atoms with Gasteiger partial charge in [-0.3, -0.25) is 9.59 Å². The second kappa shape index (κ2) is 8.64. The first-order chi connectivity index (χ1) is 11.0. The van der Waals surface area contributed by atoms with Crippen LogP contribution in [0.4, 0.5) is 0 Å². The summed E-state index contributed by atoms with van der Waals surface area (Å²) in [6.45, 7) is 2.74. The van der Waals surface area contributed by atoms with Gasteiger partial charge in [0.15, 0.2) is 0 Å². The molecule has 132 valence electrons. The number of rotatable bonds is 6. The summed E-state index contributed by atoms with van der Waals surface area (Å²) in [7, 11) is 0. The van der Waals surface area contributed by atoms with Crippen LogP contribution in [0.15, 0.2) is 0 Å². The lowest BCUT2D eigenvalue weighted by molar-refractivity contribution is -0.155. The van der Waals surface area contributed by atoms with E-state index in [-0.39, 0.29) is 18.6 Å². The summed E-state index contributed by atoms with van der Waals surface area (Å²) in [5, 5.41) is 12.3. The highest BCUT2D eigenvalue weighted by molar-refractivity contribution is 5.82. The van der Waals surface area contributed by atoms with Gasteiger partial charge >= 0.3 is 5.97 Å². The molecular formula is C17H29NO5. The lowest BCUT2D eigenvalue weighted by Crippen LogP contribution is -2.48. The number of carboxylic acid groups (broad SMARTS) is 1. The maximum Gasteiger partial charge on any atom is 0.311 e. The highest BCUT2D eigenvalue weighted by Gasteiger charge is 2.40. The number of carboxylic acids is 1. The highest BCUT2D eigenvalue weighted by Crippen LogP contribution is 2.30. The lowest BCUT2D eigenvalue weighted by Gasteiger charge is -2.33. The van der Waals surface area contributed by atoms with Gasteiger partial charge in [0.05, 0.1) is 11.5 Å². The summed E-state index contributed by atoms with van der Waals surface area (Å²) in [5.41, 5.74) is -0.907. The molecule has 1 atom stereocenters. The van der Waals surface area contributed by atoms with Crippen LogP contribution in [0.2, 0.25) is 0 Å². The fourth-order valence-corrected chi connectivity index (χ4v) is 3.36. The van der Waals surface area contributed by atoms with Crippen molar-refractivity contribution in [2.75, 3.05) is 19.8 Å². The zero-order valence-electron chi connectivity index (χ0n) is 14.0. The SMILES string of the molecule is CC(OC1CCCCCC1)C(=O)NCC1(C(=O)O)CCOCC1. The van der Waals surface area contributed by atoms with Gasteiger partial charge in [-0.1, -0.05) is 25.7 Å². The van der Waals surface area contributed by atoms with E-state index in [1.807, 2.05) is 0 Å². The van der Waals surface area contributed by atoms with E-state index in [0.717, 1.165) is 25.7 Å². The molecule has 0 aromatic heterocycles. The van der Waals surface area contributed by atoms with Gasteiger partial charge in [0.2, 0.25) is 5.91 Å². The number of amides is 1. The van der Waals surface area contributed by atoms with E-state index < -0.39 is 17.5 Å². The average molecular weight is 327 g/mol. The molecule has 1 saturated carbocycles. The average Bonchev–Trinajstić information content (AvgIpc) is 2.82. The van der Waals surface area contributed by atoms with Gasteiger partial charge in [-0.05, 0) is 32.6 Å². The van der Waals surface area contributed by atoms with Crippen molar-refractivity contribution >= 4 is 11.9 Å². The van der Waals surface area contributed by atoms with Gasteiger partial charge in [-0.2, -0.15) is 0 Å². The number of hydrogen-bond acceptors (Lipinski definition) is 4. The van der Waals surface area contributed by atoms with Gasteiger partial charge < -0.3 is 19.9 Å². The molecule has 1 heterocycles. The Morgan fingerprint density at radius 3 is 2.39 bits per heavy atom. The largest absolute Gasteiger partial charge is 0.481 e. The molecule has 23 heavy (non-hydrogen) atoms. The molecule has 0 radical (unpaired) electrons. The molecule has 1 unspecified atom stereocenters. The van der Waals surface area contributed by atoms with Crippen molar-refractivity contribution in [3.8, 4) is 0 Å². The second-order valence-corrected chi connectivity index (χ2v) is 6.81. The number of aliphatic carboxylic acids is 1. The third-order valence-corrected chi connectivity index (χ3v) is 5.07. The van der Waals surface area contributed by atoms with E-state index in [2.05, 4.69) is 5.32 Å². The molecule has 6 nitrogen and oxygen atoms in total. The number of hydrogen-bond donors (Lipinski definition) is 2. The van der Waals surface area contributed by atoms with Crippen LogP contribution in [0, 0.1) is 5.41 Å². The van der Waals surface area contributed by atoms with Gasteiger partial charge in [-0.25, -0.2) is 0 Å². The zero-order chi connectivity index (χ0) is 16.7. The Morgan fingerprint density at radius 1 is 1.22 bits per heavy atom. The number of nitrogens with one attached hydrogen (secondary N) is 1. The van der Waals surface area contributed by atoms with Crippen LogP contribution in [0.3, 0.4) is 0 Å². The van der Waals surface area contributed by atoms with Crippen molar-refractivity contribution in [3.05, 3.63) is 0 Å². The minimum atomic E-state index is -0.907. The van der Waals surface area contributed by atoms with E-state index in [1.54, 1.807) is 6.92 Å². The lowest BCUT2D eigenvalue weighted by atomic mass is 9.80. The molecule has 0 spiro atoms. The summed E-state index contributed by atoms with van der Waals surface area (Å²) in [6.07, 6.45) is 7.27. The Kier molecular flexibility index (Phi) is 6.84. The van der Waals surface area contributed by atoms with Crippen molar-refractivity contribution < 1.29 is 24.2 Å². The molecule has 1 amide bonds. The normalized spacial score (nSPS) is 23.7. The van der Waals surface area contributed by atoms with Crippen LogP contribution in [0.25, 0.3) is 0 Å². The Hall–Kier alpha value is -1.14. The maximum atomic E-state index is 12.2. The van der Waals surface area contributed by atoms with Crippen LogP contribution in [-0.4, -0.2) is 48.9 Å². The Labute approximate surface area is 137 Å². The first kappa shape index (κ1) is 18.2. The first-order valence-electron chi connectivity index (χ1n) is 8.78. The van der Waals surface area contributed by atoms with Crippen LogP contribution in [0.5, 0.6) is 0 Å². The molecule has 2 N–H and O–H groups in total. The summed E-state index contributed by atoms with van der Waals surface area (Å²) in [5.74, 6) is -1.08. The van der Waals surface area contributed by atoms with Crippen molar-refractivity contribution in [1.82, 2.24) is 5.32 Å². The number of carbonyl (C=O) groups is 2. The molecule has 2 rings (SSSR count). The molecule has 0 bridgehead atoms. The van der Waals surface area contributed by atoms with Crippen molar-refractivity contribution in [1.29, 1.82) is 0 Å². The van der Waals surface area contributed by atoms with E-state index in [9.17, 15) is 14.7 Å². The minimum absolute atomic E-state index is 0.142. The summed E-state index contributed by atoms with van der Waals surface area (Å²) < 4.78 is 11.1. The number of carbonyl (C=O) groups excluding carboxylic acids is 1. The van der Waals surface area contributed by atoms with Crippen LogP contribution in [0.1, 0.15) is 58.3 Å². The van der Waals surface area contributed by atoms with Crippen LogP contribution < -0.4 is 5.32 Å².